The molecule has 1 saturated carbocycles. The van der Waals surface area contributed by atoms with Crippen LogP contribution in [0.5, 0.6) is 11.5 Å². The zero-order chi connectivity index (χ0) is 29.0. The Morgan fingerprint density at radius 1 is 1.00 bits per heavy atom. The third-order valence-corrected chi connectivity index (χ3v) is 9.41. The van der Waals surface area contributed by atoms with Crippen molar-refractivity contribution in [2.45, 2.75) is 62.0 Å². The Hall–Kier alpha value is -3.27. The van der Waals surface area contributed by atoms with Crippen molar-refractivity contribution in [1.29, 1.82) is 0 Å². The van der Waals surface area contributed by atoms with Gasteiger partial charge in [-0.3, -0.25) is 14.4 Å². The smallest absolute Gasteiger partial charge is 0.246 e. The number of likely N-dealkylation sites (tertiary alicyclic amines) is 1. The lowest BCUT2D eigenvalue weighted by molar-refractivity contribution is -0.143. The molecule has 4 heterocycles. The van der Waals surface area contributed by atoms with Crippen molar-refractivity contribution < 1.29 is 28.6 Å². The summed E-state index contributed by atoms with van der Waals surface area (Å²) in [7, 11) is 0. The van der Waals surface area contributed by atoms with E-state index in [1.807, 2.05) is 24.3 Å². The van der Waals surface area contributed by atoms with Crippen molar-refractivity contribution in [3.8, 4) is 11.5 Å². The zero-order valence-electron chi connectivity index (χ0n) is 22.8. The van der Waals surface area contributed by atoms with Crippen LogP contribution in [0.1, 0.15) is 32.1 Å². The first kappa shape index (κ1) is 27.6. The van der Waals surface area contributed by atoms with Crippen molar-refractivity contribution in [2.24, 2.45) is 11.8 Å². The molecular weight excluding hydrogens is 581 g/mol. The van der Waals surface area contributed by atoms with Crippen molar-refractivity contribution >= 4 is 46.6 Å². The molecule has 4 aliphatic heterocycles. The number of anilines is 1. The molecule has 11 heteroatoms. The van der Waals surface area contributed by atoms with Gasteiger partial charge in [0.05, 0.1) is 24.5 Å². The third kappa shape index (κ3) is 4.71. The summed E-state index contributed by atoms with van der Waals surface area (Å²) in [5, 5.41) is 6.81. The van der Waals surface area contributed by atoms with Gasteiger partial charge in [0.25, 0.3) is 0 Å². The second kappa shape index (κ2) is 10.8. The highest BCUT2D eigenvalue weighted by Gasteiger charge is 2.73. The molecule has 42 heavy (non-hydrogen) atoms. The minimum atomic E-state index is -1.28. The predicted octanol–water partition coefficient (Wildman–Crippen LogP) is 4.37. The summed E-state index contributed by atoms with van der Waals surface area (Å²) in [5.74, 6) is -1.52. The van der Waals surface area contributed by atoms with Gasteiger partial charge < -0.3 is 29.7 Å². The Kier molecular flexibility index (Phi) is 7.07. The largest absolute Gasteiger partial charge is 0.486 e. The first-order chi connectivity index (χ1) is 20.3. The molecule has 2 aromatic carbocycles. The lowest BCUT2D eigenvalue weighted by Crippen LogP contribution is -2.58. The van der Waals surface area contributed by atoms with Gasteiger partial charge in [-0.1, -0.05) is 66.7 Å². The van der Waals surface area contributed by atoms with E-state index in [0.29, 0.717) is 27.2 Å². The average molecular weight is 613 g/mol. The van der Waals surface area contributed by atoms with Crippen LogP contribution in [-0.4, -0.2) is 65.7 Å². The SMILES string of the molecule is O=C(Nc1cc(Cl)cc(Cl)c1)C1C2C=CC3(O2)C1C(=O)N(CC1COc2ccccc2O1)C3C(=O)NC1CCCCC1. The van der Waals surface area contributed by atoms with Gasteiger partial charge in [0.2, 0.25) is 17.7 Å². The Morgan fingerprint density at radius 3 is 2.50 bits per heavy atom. The maximum atomic E-state index is 14.3. The van der Waals surface area contributed by atoms with Gasteiger partial charge in [0, 0.05) is 21.8 Å². The van der Waals surface area contributed by atoms with E-state index in [-0.39, 0.29) is 31.0 Å². The highest BCUT2D eigenvalue weighted by molar-refractivity contribution is 6.35. The molecule has 2 aromatic rings. The predicted molar refractivity (Wildman–Crippen MR) is 156 cm³/mol. The fraction of sp³-hybridized carbons (Fsp3) is 0.452. The number of hydrogen-bond donors (Lipinski definition) is 2. The van der Waals surface area contributed by atoms with Crippen molar-refractivity contribution in [1.82, 2.24) is 10.2 Å². The Morgan fingerprint density at radius 2 is 1.74 bits per heavy atom. The molecule has 5 aliphatic rings. The van der Waals surface area contributed by atoms with Crippen LogP contribution < -0.4 is 20.1 Å². The first-order valence-corrected chi connectivity index (χ1v) is 15.2. The van der Waals surface area contributed by atoms with Crippen LogP contribution in [0.15, 0.2) is 54.6 Å². The second-order valence-corrected chi connectivity index (χ2v) is 12.6. The van der Waals surface area contributed by atoms with Crippen LogP contribution in [0, 0.1) is 11.8 Å². The van der Waals surface area contributed by atoms with Crippen LogP contribution in [0.4, 0.5) is 5.69 Å². The molecule has 2 N–H and O–H groups in total. The Bertz CT molecular complexity index is 1440. The molecule has 3 fully saturated rings. The number of nitrogens with one attached hydrogen (secondary N) is 2. The van der Waals surface area contributed by atoms with E-state index < -0.39 is 41.6 Å². The highest BCUT2D eigenvalue weighted by atomic mass is 35.5. The summed E-state index contributed by atoms with van der Waals surface area (Å²) in [6, 6.07) is 11.2. The number of hydrogen-bond acceptors (Lipinski definition) is 6. The van der Waals surface area contributed by atoms with Gasteiger partial charge in [0.1, 0.15) is 18.2 Å². The van der Waals surface area contributed by atoms with E-state index in [4.69, 9.17) is 37.4 Å². The second-order valence-electron chi connectivity index (χ2n) is 11.7. The summed E-state index contributed by atoms with van der Waals surface area (Å²) >= 11 is 12.3. The van der Waals surface area contributed by atoms with Gasteiger partial charge >= 0.3 is 0 Å². The number of carbonyl (C=O) groups excluding carboxylic acids is 3. The number of benzene rings is 2. The number of nitrogens with zero attached hydrogens (tertiary/aromatic N) is 1. The topological polar surface area (TPSA) is 106 Å². The number of carbonyl (C=O) groups is 3. The minimum Gasteiger partial charge on any atom is -0.486 e. The molecule has 1 aliphatic carbocycles. The number of para-hydroxylation sites is 2. The molecule has 1 spiro atoms. The van der Waals surface area contributed by atoms with Crippen LogP contribution in [0.3, 0.4) is 0 Å². The van der Waals surface area contributed by atoms with E-state index in [2.05, 4.69) is 10.6 Å². The molecule has 3 amide bonds. The number of fused-ring (bicyclic) bond motifs is 2. The third-order valence-electron chi connectivity index (χ3n) is 8.97. The highest BCUT2D eigenvalue weighted by Crippen LogP contribution is 2.55. The van der Waals surface area contributed by atoms with E-state index in [9.17, 15) is 14.4 Å². The fourth-order valence-electron chi connectivity index (χ4n) is 7.21. The van der Waals surface area contributed by atoms with Gasteiger partial charge in [-0.15, -0.1) is 0 Å². The van der Waals surface area contributed by atoms with Crippen molar-refractivity contribution in [3.63, 3.8) is 0 Å². The Labute approximate surface area is 253 Å². The minimum absolute atomic E-state index is 0.0362. The first-order valence-electron chi connectivity index (χ1n) is 14.5. The van der Waals surface area contributed by atoms with Crippen LogP contribution >= 0.6 is 23.2 Å². The molecule has 6 unspecified atom stereocenters. The molecule has 220 valence electrons. The van der Waals surface area contributed by atoms with Gasteiger partial charge in [0.15, 0.2) is 17.6 Å². The van der Waals surface area contributed by atoms with E-state index in [0.717, 1.165) is 32.1 Å². The quantitative estimate of drug-likeness (QED) is 0.470. The summed E-state index contributed by atoms with van der Waals surface area (Å²) in [5.41, 5.74) is -0.860. The van der Waals surface area contributed by atoms with E-state index in [1.54, 1.807) is 30.4 Å². The van der Waals surface area contributed by atoms with Crippen molar-refractivity contribution in [2.75, 3.05) is 18.5 Å². The van der Waals surface area contributed by atoms with Gasteiger partial charge in [-0.25, -0.2) is 0 Å². The lowest BCUT2D eigenvalue weighted by atomic mass is 9.74. The van der Waals surface area contributed by atoms with Gasteiger partial charge in [-0.2, -0.15) is 0 Å². The average Bonchev–Trinajstić information content (AvgIpc) is 3.60. The van der Waals surface area contributed by atoms with E-state index >= 15 is 0 Å². The number of amides is 3. The van der Waals surface area contributed by atoms with Crippen LogP contribution in [0.25, 0.3) is 0 Å². The maximum absolute atomic E-state index is 14.3. The monoisotopic (exact) mass is 611 g/mol. The standard InChI is InChI=1S/C31H31Cl2N3O6/c32-17-12-18(33)14-20(13-17)35-28(37)25-24-10-11-31(42-24)26(25)30(39)36(27(31)29(38)34-19-6-2-1-3-7-19)15-21-16-40-22-8-4-5-9-23(22)41-21/h4-5,8-14,19,21,24-27H,1-3,6-7,15-16H2,(H,34,38)(H,35,37). The molecule has 0 aromatic heterocycles. The van der Waals surface area contributed by atoms with Crippen molar-refractivity contribution in [3.05, 3.63) is 64.7 Å². The summed E-state index contributed by atoms with van der Waals surface area (Å²) in [4.78, 5) is 43.6. The zero-order valence-corrected chi connectivity index (χ0v) is 24.3. The summed E-state index contributed by atoms with van der Waals surface area (Å²) < 4.78 is 18.5. The Balaban J connectivity index is 1.19. The van der Waals surface area contributed by atoms with Crippen LogP contribution in [-0.2, 0) is 19.1 Å². The molecule has 6 atom stereocenters. The molecule has 7 rings (SSSR count). The summed E-state index contributed by atoms with van der Waals surface area (Å²) in [6.45, 7) is 0.322. The van der Waals surface area contributed by atoms with Crippen LogP contribution in [0.2, 0.25) is 10.0 Å². The fourth-order valence-corrected chi connectivity index (χ4v) is 7.74. The number of rotatable bonds is 6. The number of halogens is 2. The van der Waals surface area contributed by atoms with E-state index in [1.165, 1.54) is 4.90 Å². The maximum Gasteiger partial charge on any atom is 0.246 e. The molecule has 0 radical (unpaired) electrons. The molecule has 2 saturated heterocycles. The molecule has 2 bridgehead atoms. The lowest BCUT2D eigenvalue weighted by Gasteiger charge is -2.36. The molecule has 9 nitrogen and oxygen atoms in total. The number of ether oxygens (including phenoxy) is 3. The van der Waals surface area contributed by atoms with Gasteiger partial charge in [-0.05, 0) is 43.2 Å². The molecular formula is C31H31Cl2N3O6. The normalized spacial score (nSPS) is 31.2. The summed E-state index contributed by atoms with van der Waals surface area (Å²) in [6.07, 6.45) is 7.47.